The summed E-state index contributed by atoms with van der Waals surface area (Å²) in [7, 11) is 0. The molecule has 1 aromatic rings. The van der Waals surface area contributed by atoms with Crippen LogP contribution in [0.25, 0.3) is 0 Å². The monoisotopic (exact) mass is 818 g/mol. The fourth-order valence-corrected chi connectivity index (χ4v) is 11.8. The number of guanidine groups is 1. The summed E-state index contributed by atoms with van der Waals surface area (Å²) in [6.07, 6.45) is 19.1. The zero-order chi connectivity index (χ0) is 42.0. The third-order valence-corrected chi connectivity index (χ3v) is 15.1. The normalized spacial score (nSPS) is 28.7. The first-order valence-corrected chi connectivity index (χ1v) is 23.0. The Bertz CT molecular complexity index is 1610. The second-order valence-corrected chi connectivity index (χ2v) is 19.3. The molecule has 0 saturated heterocycles. The lowest BCUT2D eigenvalue weighted by Gasteiger charge is -2.58. The largest absolute Gasteiger partial charge is 0.458 e. The minimum absolute atomic E-state index is 0.0989. The third kappa shape index (κ3) is 11.2. The van der Waals surface area contributed by atoms with Crippen LogP contribution in [0.5, 0.6) is 0 Å². The van der Waals surface area contributed by atoms with Crippen LogP contribution in [0.4, 0.5) is 0 Å². The number of nitrogens with zero attached hydrogens (tertiary/aromatic N) is 2. The first-order chi connectivity index (χ1) is 27.7. The second kappa shape index (κ2) is 20.7. The molecule has 0 bridgehead atoms. The molecule has 58 heavy (non-hydrogen) atoms. The number of amides is 1. The Labute approximate surface area is 355 Å². The summed E-state index contributed by atoms with van der Waals surface area (Å²) >= 11 is 4.45. The van der Waals surface area contributed by atoms with Gasteiger partial charge in [0.2, 0.25) is 5.91 Å². The van der Waals surface area contributed by atoms with Crippen molar-refractivity contribution in [1.82, 2.24) is 15.5 Å². The average Bonchev–Trinajstić information content (AvgIpc) is 3.54. The van der Waals surface area contributed by atoms with Gasteiger partial charge in [-0.25, -0.2) is 4.79 Å². The van der Waals surface area contributed by atoms with Crippen molar-refractivity contribution in [3.8, 4) is 0 Å². The molecule has 0 heterocycles. The number of nitrogens with two attached hydrogens (primary N) is 2. The maximum absolute atomic E-state index is 13.5. The summed E-state index contributed by atoms with van der Waals surface area (Å²) in [5, 5.41) is 13.2. The molecule has 4 aliphatic rings. The molecular weight excluding hydrogens is 743 g/mol. The summed E-state index contributed by atoms with van der Waals surface area (Å²) < 4.78 is 6.19. The van der Waals surface area contributed by atoms with Gasteiger partial charge in [-0.2, -0.15) is 12.6 Å². The van der Waals surface area contributed by atoms with E-state index in [4.69, 9.17) is 21.6 Å². The van der Waals surface area contributed by atoms with E-state index in [1.807, 2.05) is 12.1 Å². The number of carbonyl (C=O) groups excluding carboxylic acids is 2. The lowest BCUT2D eigenvalue weighted by Crippen LogP contribution is -2.51. The van der Waals surface area contributed by atoms with Crippen molar-refractivity contribution in [2.45, 2.75) is 130 Å². The van der Waals surface area contributed by atoms with Gasteiger partial charge in [-0.05, 0) is 122 Å². The Morgan fingerprint density at radius 2 is 1.71 bits per heavy atom. The Hall–Kier alpha value is -3.47. The molecule has 3 saturated carbocycles. The molecule has 0 spiro atoms. The Morgan fingerprint density at radius 3 is 2.36 bits per heavy atom. The van der Waals surface area contributed by atoms with Gasteiger partial charge in [-0.15, -0.1) is 0 Å². The summed E-state index contributed by atoms with van der Waals surface area (Å²) in [4.78, 5) is 33.3. The van der Waals surface area contributed by atoms with E-state index in [-0.39, 0.29) is 35.1 Å². The third-order valence-electron chi connectivity index (χ3n) is 14.7. The van der Waals surface area contributed by atoms with Gasteiger partial charge >= 0.3 is 5.97 Å². The number of fused-ring (bicyclic) bond motifs is 5. The maximum Gasteiger partial charge on any atom is 0.338 e. The van der Waals surface area contributed by atoms with Crippen molar-refractivity contribution in [2.75, 3.05) is 31.9 Å². The van der Waals surface area contributed by atoms with Crippen LogP contribution in [0.15, 0.2) is 53.3 Å². The van der Waals surface area contributed by atoms with E-state index in [0.717, 1.165) is 60.3 Å². The first-order valence-electron chi connectivity index (χ1n) is 22.4. The van der Waals surface area contributed by atoms with Crippen molar-refractivity contribution in [2.24, 2.45) is 62.8 Å². The van der Waals surface area contributed by atoms with Gasteiger partial charge in [0.1, 0.15) is 12.1 Å². The number of benzene rings is 1. The van der Waals surface area contributed by atoms with Gasteiger partial charge < -0.3 is 31.7 Å². The molecule has 1 aromatic carbocycles. The van der Waals surface area contributed by atoms with E-state index in [9.17, 15) is 9.59 Å². The summed E-state index contributed by atoms with van der Waals surface area (Å²) in [6, 6.07) is 6.58. The smallest absolute Gasteiger partial charge is 0.338 e. The molecule has 322 valence electrons. The molecule has 5 rings (SSSR count). The minimum Gasteiger partial charge on any atom is -0.458 e. The molecule has 9 atom stereocenters. The maximum atomic E-state index is 13.5. The highest BCUT2D eigenvalue weighted by atomic mass is 32.1. The average molecular weight is 818 g/mol. The number of nitrogens with one attached hydrogen (secondary N) is 3. The van der Waals surface area contributed by atoms with Gasteiger partial charge in [-0.3, -0.25) is 15.2 Å². The highest BCUT2D eigenvalue weighted by molar-refractivity contribution is 7.80. The van der Waals surface area contributed by atoms with Crippen molar-refractivity contribution in [3.63, 3.8) is 0 Å². The molecule has 10 nitrogen and oxygen atoms in total. The second-order valence-electron chi connectivity index (χ2n) is 19.0. The van der Waals surface area contributed by atoms with E-state index < -0.39 is 6.04 Å². The minimum atomic E-state index is -0.672. The number of rotatable bonds is 20. The molecule has 4 aliphatic carbocycles. The lowest BCUT2D eigenvalue weighted by molar-refractivity contribution is -0.132. The van der Waals surface area contributed by atoms with Gasteiger partial charge in [0.15, 0.2) is 5.96 Å². The first kappa shape index (κ1) is 45.6. The van der Waals surface area contributed by atoms with Gasteiger partial charge in [0, 0.05) is 44.6 Å². The van der Waals surface area contributed by atoms with Crippen LogP contribution in [-0.4, -0.2) is 73.0 Å². The van der Waals surface area contributed by atoms with E-state index >= 15 is 0 Å². The summed E-state index contributed by atoms with van der Waals surface area (Å²) in [5.74, 6) is 4.97. The van der Waals surface area contributed by atoms with Crippen LogP contribution in [0.1, 0.15) is 134 Å². The number of aliphatic imine (C=N–C) groups is 1. The molecule has 0 radical (unpaired) electrons. The van der Waals surface area contributed by atoms with Crippen LogP contribution in [-0.2, 0) is 9.53 Å². The van der Waals surface area contributed by atoms with Crippen LogP contribution >= 0.6 is 12.6 Å². The molecule has 9 unspecified atom stereocenters. The lowest BCUT2D eigenvalue weighted by atomic mass is 9.47. The molecule has 11 heteroatoms. The topological polar surface area (TPSA) is 159 Å². The molecular formula is C47H75N7O3S. The number of hydrogen-bond donors (Lipinski definition) is 6. The molecule has 0 aliphatic heterocycles. The zero-order valence-corrected chi connectivity index (χ0v) is 37.1. The molecule has 3 fully saturated rings. The van der Waals surface area contributed by atoms with E-state index in [1.165, 1.54) is 56.9 Å². The molecule has 7 N–H and O–H groups in total. The number of ether oxygens (including phenoxy) is 1. The van der Waals surface area contributed by atoms with Crippen molar-refractivity contribution in [3.05, 3.63) is 59.4 Å². The van der Waals surface area contributed by atoms with Crippen LogP contribution < -0.4 is 22.1 Å². The fraction of sp³-hybridized carbons (Fsp3) is 0.702. The Morgan fingerprint density at radius 1 is 1.00 bits per heavy atom. The van der Waals surface area contributed by atoms with Crippen LogP contribution in [0.3, 0.4) is 0 Å². The van der Waals surface area contributed by atoms with Crippen molar-refractivity contribution < 1.29 is 14.3 Å². The van der Waals surface area contributed by atoms with Gasteiger partial charge in [0.25, 0.3) is 0 Å². The van der Waals surface area contributed by atoms with Crippen molar-refractivity contribution >= 4 is 36.7 Å². The zero-order valence-electron chi connectivity index (χ0n) is 36.2. The predicted molar refractivity (Wildman–Crippen MR) is 241 cm³/mol. The van der Waals surface area contributed by atoms with E-state index in [0.29, 0.717) is 55.8 Å². The van der Waals surface area contributed by atoms with Crippen molar-refractivity contribution in [1.29, 1.82) is 5.41 Å². The quantitative estimate of drug-likeness (QED) is 0.0194. The number of esters is 1. The van der Waals surface area contributed by atoms with Crippen LogP contribution in [0, 0.1) is 51.7 Å². The van der Waals surface area contributed by atoms with Gasteiger partial charge in [-0.1, -0.05) is 84.2 Å². The predicted octanol–water partition coefficient (Wildman–Crippen LogP) is 8.08. The molecule has 0 aromatic heterocycles. The Balaban J connectivity index is 1.14. The highest BCUT2D eigenvalue weighted by Gasteiger charge is 2.59. The van der Waals surface area contributed by atoms with E-state index in [2.05, 4.69) is 75.5 Å². The Kier molecular flexibility index (Phi) is 16.3. The standard InChI is InChI=1S/C47H75N7O3S/c1-31(2)10-7-11-32(3)39-18-19-40-38-17-16-36-28-37(20-22-46(36,5)41(38)21-23-47(39,40)6)57-44(56)35-14-12-34(13-15-35)29-53-42(30-58)43(55)54(26-8-24-51-33(4)48)27-9-25-52-45(49)50/h12-16,29,31-32,37-42,51,58H,4,7-11,17-28,30,48H2,1-3,5-6H3,(H4,49,50,52)/b53-29+. The fourth-order valence-electron chi connectivity index (χ4n) is 11.6. The summed E-state index contributed by atoms with van der Waals surface area (Å²) in [6.45, 7) is 18.2. The summed E-state index contributed by atoms with van der Waals surface area (Å²) in [5.41, 5.74) is 14.6. The van der Waals surface area contributed by atoms with Gasteiger partial charge in [0.05, 0.1) is 11.4 Å². The molecule has 1 amide bonds. The highest BCUT2D eigenvalue weighted by Crippen LogP contribution is 2.67. The number of carbonyl (C=O) groups is 2. The number of allylic oxidation sites excluding steroid dienone is 1. The van der Waals surface area contributed by atoms with Crippen LogP contribution in [0.2, 0.25) is 0 Å². The SMILES string of the molecule is C=C(N)NCCCN(CCCNC(=N)N)C(=O)C(CS)/N=C/c1ccc(C(=O)OC2CCC3(C)C(=CCC4C3CCC3(C)C(C(C)CCCC(C)C)CCC43)C2)cc1. The number of hydrogen-bond acceptors (Lipinski definition) is 8. The van der Waals surface area contributed by atoms with E-state index in [1.54, 1.807) is 23.2 Å². The number of thiol groups is 1.